The zero-order valence-electron chi connectivity index (χ0n) is 10.3. The molecule has 0 radical (unpaired) electrons. The van der Waals surface area contributed by atoms with Crippen molar-refractivity contribution >= 4 is 21.7 Å². The number of ether oxygens (including phenoxy) is 1. The van der Waals surface area contributed by atoms with Gasteiger partial charge in [-0.05, 0) is 34.0 Å². The van der Waals surface area contributed by atoms with Crippen molar-refractivity contribution in [3.05, 3.63) is 64.1 Å². The fourth-order valence-corrected chi connectivity index (χ4v) is 2.13. The molecule has 19 heavy (non-hydrogen) atoms. The standard InChI is InChI=1S/C16H11BrO2/c1-19-16-13(8-5-9-14(16)17)10-11-15(18)12-6-3-2-4-7-12/h2-9H,1H3. The van der Waals surface area contributed by atoms with Crippen LogP contribution in [0.25, 0.3) is 0 Å². The van der Waals surface area contributed by atoms with Gasteiger partial charge in [0, 0.05) is 5.56 Å². The molecule has 0 saturated heterocycles. The second kappa shape index (κ2) is 6.21. The van der Waals surface area contributed by atoms with E-state index in [1.54, 1.807) is 19.2 Å². The van der Waals surface area contributed by atoms with Crippen molar-refractivity contribution < 1.29 is 9.53 Å². The van der Waals surface area contributed by atoms with E-state index in [2.05, 4.69) is 27.8 Å². The fraction of sp³-hybridized carbons (Fsp3) is 0.0625. The van der Waals surface area contributed by atoms with E-state index in [9.17, 15) is 4.79 Å². The van der Waals surface area contributed by atoms with Crippen LogP contribution in [0.5, 0.6) is 5.75 Å². The van der Waals surface area contributed by atoms with Gasteiger partial charge in [0.25, 0.3) is 0 Å². The van der Waals surface area contributed by atoms with Crippen molar-refractivity contribution in [2.45, 2.75) is 0 Å². The van der Waals surface area contributed by atoms with Crippen LogP contribution in [0.3, 0.4) is 0 Å². The summed E-state index contributed by atoms with van der Waals surface area (Å²) in [4.78, 5) is 11.9. The molecule has 2 aromatic carbocycles. The van der Waals surface area contributed by atoms with E-state index in [0.29, 0.717) is 16.9 Å². The largest absolute Gasteiger partial charge is 0.494 e. The molecule has 0 heterocycles. The van der Waals surface area contributed by atoms with Crippen LogP contribution < -0.4 is 4.74 Å². The van der Waals surface area contributed by atoms with Crippen LogP contribution in [0.1, 0.15) is 15.9 Å². The first-order valence-corrected chi connectivity index (χ1v) is 6.45. The Labute approximate surface area is 120 Å². The van der Waals surface area contributed by atoms with Crippen molar-refractivity contribution in [1.82, 2.24) is 0 Å². The van der Waals surface area contributed by atoms with E-state index in [1.807, 2.05) is 36.4 Å². The van der Waals surface area contributed by atoms with Gasteiger partial charge < -0.3 is 4.74 Å². The van der Waals surface area contributed by atoms with Crippen LogP contribution in [-0.2, 0) is 0 Å². The number of Topliss-reactive ketones (excluding diaryl/α,β-unsaturated/α-hetero) is 1. The van der Waals surface area contributed by atoms with E-state index in [4.69, 9.17) is 4.74 Å². The zero-order valence-corrected chi connectivity index (χ0v) is 11.9. The Morgan fingerprint density at radius 1 is 1.11 bits per heavy atom. The fourth-order valence-electron chi connectivity index (χ4n) is 1.60. The molecule has 0 amide bonds. The average Bonchev–Trinajstić information content (AvgIpc) is 2.45. The molecule has 0 saturated carbocycles. The minimum Gasteiger partial charge on any atom is -0.494 e. The Balaban J connectivity index is 2.31. The number of halogens is 1. The van der Waals surface area contributed by atoms with E-state index in [-0.39, 0.29) is 5.78 Å². The Morgan fingerprint density at radius 3 is 2.53 bits per heavy atom. The first-order chi connectivity index (χ1) is 9.22. The van der Waals surface area contributed by atoms with Crippen molar-refractivity contribution in [3.8, 4) is 17.6 Å². The lowest BCUT2D eigenvalue weighted by molar-refractivity contribution is 0.105. The third kappa shape index (κ3) is 3.24. The average molecular weight is 315 g/mol. The maximum atomic E-state index is 11.9. The van der Waals surface area contributed by atoms with Crippen molar-refractivity contribution in [2.75, 3.05) is 7.11 Å². The van der Waals surface area contributed by atoms with Crippen LogP contribution in [0.4, 0.5) is 0 Å². The maximum absolute atomic E-state index is 11.9. The van der Waals surface area contributed by atoms with Crippen molar-refractivity contribution in [1.29, 1.82) is 0 Å². The minimum atomic E-state index is -0.206. The molecular formula is C16H11BrO2. The number of carbonyl (C=O) groups is 1. The van der Waals surface area contributed by atoms with Gasteiger partial charge in [0.1, 0.15) is 5.75 Å². The molecule has 0 aromatic heterocycles. The van der Waals surface area contributed by atoms with E-state index >= 15 is 0 Å². The van der Waals surface area contributed by atoms with Crippen molar-refractivity contribution in [2.24, 2.45) is 0 Å². The van der Waals surface area contributed by atoms with Crippen molar-refractivity contribution in [3.63, 3.8) is 0 Å². The van der Waals surface area contributed by atoms with Gasteiger partial charge in [-0.1, -0.05) is 42.3 Å². The maximum Gasteiger partial charge on any atom is 0.236 e. The van der Waals surface area contributed by atoms with Gasteiger partial charge in [-0.2, -0.15) is 0 Å². The molecule has 2 aromatic rings. The second-order valence-corrected chi connectivity index (χ2v) is 4.62. The Kier molecular flexibility index (Phi) is 4.38. The highest BCUT2D eigenvalue weighted by molar-refractivity contribution is 9.10. The summed E-state index contributed by atoms with van der Waals surface area (Å²) in [5.74, 6) is 5.91. The molecule has 0 unspecified atom stereocenters. The lowest BCUT2D eigenvalue weighted by Crippen LogP contribution is -1.94. The lowest BCUT2D eigenvalue weighted by Gasteiger charge is -2.04. The number of hydrogen-bond donors (Lipinski definition) is 0. The predicted molar refractivity (Wildman–Crippen MR) is 78.3 cm³/mol. The molecule has 0 aliphatic heterocycles. The van der Waals surface area contributed by atoms with Gasteiger partial charge >= 0.3 is 0 Å². The molecule has 0 bridgehead atoms. The van der Waals surface area contributed by atoms with Gasteiger partial charge in [0.15, 0.2) is 0 Å². The smallest absolute Gasteiger partial charge is 0.236 e. The first-order valence-electron chi connectivity index (χ1n) is 5.66. The van der Waals surface area contributed by atoms with Gasteiger partial charge in [-0.25, -0.2) is 0 Å². The highest BCUT2D eigenvalue weighted by Crippen LogP contribution is 2.27. The van der Waals surface area contributed by atoms with Gasteiger partial charge in [-0.15, -0.1) is 0 Å². The van der Waals surface area contributed by atoms with Gasteiger partial charge in [0.2, 0.25) is 5.78 Å². The minimum absolute atomic E-state index is 0.206. The monoisotopic (exact) mass is 314 g/mol. The number of hydrogen-bond acceptors (Lipinski definition) is 2. The third-order valence-corrected chi connectivity index (χ3v) is 3.14. The van der Waals surface area contributed by atoms with Gasteiger partial charge in [0.05, 0.1) is 17.1 Å². The van der Waals surface area contributed by atoms with Crippen LogP contribution in [0.15, 0.2) is 53.0 Å². The lowest BCUT2D eigenvalue weighted by atomic mass is 10.1. The SMILES string of the molecule is COc1c(Br)cccc1C#CC(=O)c1ccccc1. The summed E-state index contributed by atoms with van der Waals surface area (Å²) in [6.45, 7) is 0. The highest BCUT2D eigenvalue weighted by atomic mass is 79.9. The molecule has 0 aliphatic rings. The number of rotatable bonds is 2. The quantitative estimate of drug-likeness (QED) is 0.624. The van der Waals surface area contributed by atoms with E-state index in [1.165, 1.54) is 0 Å². The molecule has 0 fully saturated rings. The number of methoxy groups -OCH3 is 1. The molecule has 2 rings (SSSR count). The number of benzene rings is 2. The van der Waals surface area contributed by atoms with Crippen LogP contribution in [-0.4, -0.2) is 12.9 Å². The summed E-state index contributed by atoms with van der Waals surface area (Å²) in [5, 5.41) is 0. The second-order valence-electron chi connectivity index (χ2n) is 3.77. The summed E-state index contributed by atoms with van der Waals surface area (Å²) >= 11 is 3.38. The van der Waals surface area contributed by atoms with Gasteiger partial charge in [-0.3, -0.25) is 4.79 Å². The summed E-state index contributed by atoms with van der Waals surface area (Å²) in [6.07, 6.45) is 0. The zero-order chi connectivity index (χ0) is 13.7. The Morgan fingerprint density at radius 2 is 1.84 bits per heavy atom. The number of carbonyl (C=O) groups excluding carboxylic acids is 1. The Hall–Kier alpha value is -2.05. The summed E-state index contributed by atoms with van der Waals surface area (Å²) in [7, 11) is 1.57. The highest BCUT2D eigenvalue weighted by Gasteiger charge is 2.05. The summed E-state index contributed by atoms with van der Waals surface area (Å²) < 4.78 is 6.07. The topological polar surface area (TPSA) is 26.3 Å². The molecule has 0 spiro atoms. The molecule has 0 atom stereocenters. The van der Waals surface area contributed by atoms with E-state index < -0.39 is 0 Å². The number of para-hydroxylation sites is 1. The number of ketones is 1. The van der Waals surface area contributed by atoms with Crippen LogP contribution in [0, 0.1) is 11.8 Å². The predicted octanol–water partition coefficient (Wildman–Crippen LogP) is 3.69. The normalized spacial score (nSPS) is 9.37. The molecule has 0 N–H and O–H groups in total. The molecular weight excluding hydrogens is 304 g/mol. The third-order valence-electron chi connectivity index (χ3n) is 2.52. The molecule has 94 valence electrons. The summed E-state index contributed by atoms with van der Waals surface area (Å²) in [6, 6.07) is 14.5. The Bertz CT molecular complexity index is 651. The molecule has 3 heteroatoms. The molecule has 2 nitrogen and oxygen atoms in total. The summed E-state index contributed by atoms with van der Waals surface area (Å²) in [5.41, 5.74) is 1.27. The first kappa shape index (κ1) is 13.4. The van der Waals surface area contributed by atoms with Crippen LogP contribution in [0.2, 0.25) is 0 Å². The van der Waals surface area contributed by atoms with E-state index in [0.717, 1.165) is 4.47 Å². The van der Waals surface area contributed by atoms with Crippen LogP contribution >= 0.6 is 15.9 Å². The molecule has 0 aliphatic carbocycles.